The second-order valence-electron chi connectivity index (χ2n) is 4.73. The van der Waals surface area contributed by atoms with Crippen LogP contribution in [0.15, 0.2) is 34.4 Å². The van der Waals surface area contributed by atoms with Crippen LogP contribution < -0.4 is 5.73 Å². The first-order chi connectivity index (χ1) is 9.08. The normalized spacial score (nSPS) is 10.7. The van der Waals surface area contributed by atoms with Gasteiger partial charge in [0.15, 0.2) is 0 Å². The Balaban J connectivity index is 2.23. The van der Waals surface area contributed by atoms with E-state index in [1.54, 1.807) is 11.8 Å². The van der Waals surface area contributed by atoms with Gasteiger partial charge in [-0.2, -0.15) is 0 Å². The fraction of sp³-hybridized carbons (Fsp3) is 0.333. The zero-order valence-corrected chi connectivity index (χ0v) is 12.4. The first-order valence-electron chi connectivity index (χ1n) is 6.37. The number of pyridine rings is 2. The van der Waals surface area contributed by atoms with Crippen molar-refractivity contribution in [3.63, 3.8) is 0 Å². The summed E-state index contributed by atoms with van der Waals surface area (Å²) in [5.74, 6) is 0. The van der Waals surface area contributed by atoms with Gasteiger partial charge in [0.05, 0.1) is 0 Å². The first-order valence-corrected chi connectivity index (χ1v) is 7.19. The molecule has 2 aromatic heterocycles. The molecule has 0 saturated heterocycles. The summed E-state index contributed by atoms with van der Waals surface area (Å²) >= 11 is 1.62. The molecule has 2 aromatic rings. The van der Waals surface area contributed by atoms with Crippen molar-refractivity contribution in [3.05, 3.63) is 46.8 Å². The molecule has 0 amide bonds. The number of nitrogens with two attached hydrogens (primary N) is 1. The molecule has 19 heavy (non-hydrogen) atoms. The molecule has 0 fully saturated rings. The van der Waals surface area contributed by atoms with Crippen LogP contribution in [0.3, 0.4) is 0 Å². The van der Waals surface area contributed by atoms with Gasteiger partial charge in [0, 0.05) is 11.9 Å². The number of rotatable bonds is 4. The van der Waals surface area contributed by atoms with E-state index in [-0.39, 0.29) is 0 Å². The third-order valence-electron chi connectivity index (χ3n) is 2.80. The van der Waals surface area contributed by atoms with Gasteiger partial charge in [-0.25, -0.2) is 9.97 Å². The van der Waals surface area contributed by atoms with Gasteiger partial charge >= 0.3 is 0 Å². The Kier molecular flexibility index (Phi) is 4.56. The van der Waals surface area contributed by atoms with Gasteiger partial charge in [0.2, 0.25) is 0 Å². The quantitative estimate of drug-likeness (QED) is 0.930. The second kappa shape index (κ2) is 6.17. The Bertz CT molecular complexity index is 561. The third kappa shape index (κ3) is 3.78. The van der Waals surface area contributed by atoms with Gasteiger partial charge < -0.3 is 5.73 Å². The van der Waals surface area contributed by atoms with Gasteiger partial charge in [-0.05, 0) is 74.3 Å². The lowest BCUT2D eigenvalue weighted by Crippen LogP contribution is -2.03. The van der Waals surface area contributed by atoms with E-state index in [4.69, 9.17) is 5.73 Å². The minimum absolute atomic E-state index is 0.659. The number of aromatic nitrogens is 2. The molecule has 0 aromatic carbocycles. The molecule has 0 unspecified atom stereocenters. The summed E-state index contributed by atoms with van der Waals surface area (Å²) in [7, 11) is 0. The van der Waals surface area contributed by atoms with Crippen molar-refractivity contribution < 1.29 is 0 Å². The molecular weight excluding hydrogens is 254 g/mol. The Morgan fingerprint density at radius 3 is 2.58 bits per heavy atom. The molecule has 2 rings (SSSR count). The van der Waals surface area contributed by atoms with Crippen LogP contribution in [0.5, 0.6) is 0 Å². The van der Waals surface area contributed by atoms with E-state index in [0.717, 1.165) is 22.2 Å². The predicted octanol–water partition coefficient (Wildman–Crippen LogP) is 3.05. The molecule has 0 radical (unpaired) electrons. The van der Waals surface area contributed by atoms with E-state index in [0.29, 0.717) is 6.54 Å². The maximum atomic E-state index is 5.56. The van der Waals surface area contributed by atoms with E-state index in [9.17, 15) is 0 Å². The summed E-state index contributed by atoms with van der Waals surface area (Å²) in [6.45, 7) is 6.84. The summed E-state index contributed by atoms with van der Waals surface area (Å²) in [5.41, 5.74) is 10.2. The zero-order chi connectivity index (χ0) is 13.8. The molecule has 3 nitrogen and oxygen atoms in total. The molecule has 4 heteroatoms. The molecule has 0 aliphatic carbocycles. The van der Waals surface area contributed by atoms with Crippen molar-refractivity contribution in [1.82, 2.24) is 9.97 Å². The Hall–Kier alpha value is -1.39. The molecule has 0 saturated carbocycles. The van der Waals surface area contributed by atoms with Crippen molar-refractivity contribution >= 4 is 11.8 Å². The van der Waals surface area contributed by atoms with Crippen LogP contribution in [0, 0.1) is 20.8 Å². The highest BCUT2D eigenvalue weighted by Crippen LogP contribution is 2.28. The Morgan fingerprint density at radius 1 is 1.16 bits per heavy atom. The lowest BCUT2D eigenvalue weighted by atomic mass is 10.2. The molecule has 2 heterocycles. The summed E-state index contributed by atoms with van der Waals surface area (Å²) < 4.78 is 0. The van der Waals surface area contributed by atoms with Crippen LogP contribution in [0.25, 0.3) is 0 Å². The van der Waals surface area contributed by atoms with E-state index < -0.39 is 0 Å². The summed E-state index contributed by atoms with van der Waals surface area (Å²) in [4.78, 5) is 9.05. The van der Waals surface area contributed by atoms with Gasteiger partial charge in [-0.3, -0.25) is 0 Å². The van der Waals surface area contributed by atoms with Gasteiger partial charge in [-0.15, -0.1) is 0 Å². The first kappa shape index (κ1) is 14.0. The lowest BCUT2D eigenvalue weighted by Gasteiger charge is -2.07. The van der Waals surface area contributed by atoms with Crippen LogP contribution in [0.2, 0.25) is 0 Å². The average molecular weight is 273 g/mol. The highest BCUT2D eigenvalue weighted by atomic mass is 32.2. The number of hydrogen-bond acceptors (Lipinski definition) is 4. The zero-order valence-electron chi connectivity index (χ0n) is 11.6. The van der Waals surface area contributed by atoms with Crippen LogP contribution in [0.4, 0.5) is 0 Å². The highest BCUT2D eigenvalue weighted by molar-refractivity contribution is 7.99. The van der Waals surface area contributed by atoms with E-state index in [2.05, 4.69) is 42.0 Å². The molecule has 100 valence electrons. The van der Waals surface area contributed by atoms with Crippen molar-refractivity contribution in [2.75, 3.05) is 6.54 Å². The minimum atomic E-state index is 0.659. The summed E-state index contributed by atoms with van der Waals surface area (Å²) in [6, 6.07) is 6.33. The number of hydrogen-bond donors (Lipinski definition) is 1. The molecule has 0 spiro atoms. The third-order valence-corrected chi connectivity index (χ3v) is 3.83. The minimum Gasteiger partial charge on any atom is -0.330 e. The summed E-state index contributed by atoms with van der Waals surface area (Å²) in [5, 5.41) is 2.01. The number of aryl methyl sites for hydroxylation is 3. The van der Waals surface area contributed by atoms with Crippen LogP contribution in [-0.4, -0.2) is 16.5 Å². The molecule has 2 N–H and O–H groups in total. The van der Waals surface area contributed by atoms with Gasteiger partial charge in [0.25, 0.3) is 0 Å². The number of nitrogens with zero attached hydrogens (tertiary/aromatic N) is 2. The monoisotopic (exact) mass is 273 g/mol. The van der Waals surface area contributed by atoms with Crippen LogP contribution in [-0.2, 0) is 6.42 Å². The molecule has 0 aliphatic rings. The fourth-order valence-corrected chi connectivity index (χ4v) is 2.94. The molecular formula is C15H19N3S. The molecule has 0 aliphatic heterocycles. The Morgan fingerprint density at radius 2 is 1.95 bits per heavy atom. The highest BCUT2D eigenvalue weighted by Gasteiger charge is 2.06. The van der Waals surface area contributed by atoms with Crippen molar-refractivity contribution in [2.45, 2.75) is 37.2 Å². The largest absolute Gasteiger partial charge is 0.330 e. The van der Waals surface area contributed by atoms with Crippen LogP contribution >= 0.6 is 11.8 Å². The van der Waals surface area contributed by atoms with Crippen molar-refractivity contribution in [2.24, 2.45) is 5.73 Å². The average Bonchev–Trinajstić information content (AvgIpc) is 2.32. The van der Waals surface area contributed by atoms with Gasteiger partial charge in [-0.1, -0.05) is 6.07 Å². The van der Waals surface area contributed by atoms with Crippen molar-refractivity contribution in [3.8, 4) is 0 Å². The maximum absolute atomic E-state index is 5.56. The smallest absolute Gasteiger partial charge is 0.105 e. The SMILES string of the molecule is Cc1cc(C)nc(Sc2ncc(CCN)cc2C)c1. The van der Waals surface area contributed by atoms with Crippen LogP contribution in [0.1, 0.15) is 22.4 Å². The molecule has 0 atom stereocenters. The lowest BCUT2D eigenvalue weighted by molar-refractivity contribution is 0.934. The van der Waals surface area contributed by atoms with E-state index in [1.807, 2.05) is 13.1 Å². The van der Waals surface area contributed by atoms with Gasteiger partial charge in [0.1, 0.15) is 10.1 Å². The van der Waals surface area contributed by atoms with Crippen molar-refractivity contribution in [1.29, 1.82) is 0 Å². The predicted molar refractivity (Wildman–Crippen MR) is 79.6 cm³/mol. The standard InChI is InChI=1S/C15H19N3S/c1-10-6-12(3)18-14(7-10)19-15-11(2)8-13(4-5-16)9-17-15/h6-9H,4-5,16H2,1-3H3. The fourth-order valence-electron chi connectivity index (χ4n) is 1.99. The van der Waals surface area contributed by atoms with E-state index >= 15 is 0 Å². The maximum Gasteiger partial charge on any atom is 0.105 e. The topological polar surface area (TPSA) is 51.8 Å². The Labute approximate surface area is 118 Å². The van der Waals surface area contributed by atoms with E-state index in [1.165, 1.54) is 16.7 Å². The molecule has 0 bridgehead atoms. The second-order valence-corrected chi connectivity index (χ2v) is 5.74. The summed E-state index contributed by atoms with van der Waals surface area (Å²) in [6.07, 6.45) is 2.78.